The minimum Gasteiger partial charge on any atom is -0.328 e. The van der Waals surface area contributed by atoms with Crippen LogP contribution in [0.4, 0.5) is 0 Å². The first kappa shape index (κ1) is 7.07. The van der Waals surface area contributed by atoms with Crippen LogP contribution in [0.2, 0.25) is 0 Å². The summed E-state index contributed by atoms with van der Waals surface area (Å²) >= 11 is 0. The highest BCUT2D eigenvalue weighted by atomic mass is 14.6. The summed E-state index contributed by atoms with van der Waals surface area (Å²) in [5.74, 6) is 1.76. The number of rotatable bonds is 1. The van der Waals surface area contributed by atoms with E-state index < -0.39 is 0 Å². The van der Waals surface area contributed by atoms with Crippen molar-refractivity contribution in [1.29, 1.82) is 0 Å². The average Bonchev–Trinajstić information content (AvgIpc) is 2.14. The van der Waals surface area contributed by atoms with Gasteiger partial charge in [0.25, 0.3) is 0 Å². The molecule has 1 rings (SSSR count). The molecule has 0 heterocycles. The maximum absolute atomic E-state index is 5.76. The second-order valence-electron chi connectivity index (χ2n) is 3.58. The van der Waals surface area contributed by atoms with Gasteiger partial charge in [-0.25, -0.2) is 0 Å². The van der Waals surface area contributed by atoms with Crippen molar-refractivity contribution in [3.63, 3.8) is 0 Å². The van der Waals surface area contributed by atoms with Gasteiger partial charge in [-0.1, -0.05) is 13.8 Å². The molecule has 0 radical (unpaired) electrons. The van der Waals surface area contributed by atoms with Crippen molar-refractivity contribution in [2.24, 2.45) is 17.6 Å². The molecule has 0 aromatic carbocycles. The van der Waals surface area contributed by atoms with Crippen LogP contribution < -0.4 is 5.73 Å². The van der Waals surface area contributed by atoms with E-state index in [-0.39, 0.29) is 0 Å². The lowest BCUT2D eigenvalue weighted by atomic mass is 9.94. The first-order chi connectivity index (χ1) is 4.20. The zero-order chi connectivity index (χ0) is 6.85. The Kier molecular flexibility index (Phi) is 2.12. The van der Waals surface area contributed by atoms with E-state index in [4.69, 9.17) is 5.73 Å². The molecule has 1 aliphatic carbocycles. The fourth-order valence-electron chi connectivity index (χ4n) is 1.66. The van der Waals surface area contributed by atoms with Crippen molar-refractivity contribution in [2.75, 3.05) is 0 Å². The number of hydrogen-bond donors (Lipinski definition) is 1. The van der Waals surface area contributed by atoms with Crippen LogP contribution in [0.3, 0.4) is 0 Å². The molecule has 2 N–H and O–H groups in total. The zero-order valence-electron chi connectivity index (χ0n) is 6.43. The van der Waals surface area contributed by atoms with E-state index in [1.165, 1.54) is 19.3 Å². The van der Waals surface area contributed by atoms with Crippen LogP contribution in [0.15, 0.2) is 0 Å². The molecule has 0 spiro atoms. The van der Waals surface area contributed by atoms with E-state index in [2.05, 4.69) is 13.8 Å². The van der Waals surface area contributed by atoms with E-state index >= 15 is 0 Å². The standard InChI is InChI=1S/C8H17N/c1-6(2)7-3-4-8(9)5-7/h6-8H,3-5,9H2,1-2H3/t7-,8?/m1/s1. The summed E-state index contributed by atoms with van der Waals surface area (Å²) in [5, 5.41) is 0. The second kappa shape index (κ2) is 2.70. The molecular formula is C8H17N. The van der Waals surface area contributed by atoms with Crippen molar-refractivity contribution < 1.29 is 0 Å². The first-order valence-electron chi connectivity index (χ1n) is 3.95. The molecule has 0 bridgehead atoms. The SMILES string of the molecule is CC(C)[C@@H]1CCC(N)C1. The molecule has 2 atom stereocenters. The Bertz CT molecular complexity index is 88.6. The maximum Gasteiger partial charge on any atom is 0.00416 e. The molecule has 0 saturated heterocycles. The predicted octanol–water partition coefficient (Wildman–Crippen LogP) is 1.77. The Labute approximate surface area is 57.6 Å². The van der Waals surface area contributed by atoms with Gasteiger partial charge in [0.05, 0.1) is 0 Å². The molecule has 1 unspecified atom stereocenters. The van der Waals surface area contributed by atoms with Crippen molar-refractivity contribution in [3.05, 3.63) is 0 Å². The average molecular weight is 127 g/mol. The van der Waals surface area contributed by atoms with Crippen LogP contribution in [0.5, 0.6) is 0 Å². The van der Waals surface area contributed by atoms with Gasteiger partial charge in [-0.05, 0) is 31.1 Å². The second-order valence-corrected chi connectivity index (χ2v) is 3.58. The van der Waals surface area contributed by atoms with Crippen LogP contribution >= 0.6 is 0 Å². The third-order valence-electron chi connectivity index (χ3n) is 2.46. The Morgan fingerprint density at radius 1 is 1.33 bits per heavy atom. The lowest BCUT2D eigenvalue weighted by Gasteiger charge is -2.12. The van der Waals surface area contributed by atoms with Gasteiger partial charge in [0, 0.05) is 6.04 Å². The van der Waals surface area contributed by atoms with Crippen LogP contribution in [0.25, 0.3) is 0 Å². The monoisotopic (exact) mass is 127 g/mol. The molecule has 0 amide bonds. The molecule has 1 aliphatic rings. The summed E-state index contributed by atoms with van der Waals surface area (Å²) in [6, 6.07) is 0.511. The highest BCUT2D eigenvalue weighted by Gasteiger charge is 2.23. The Morgan fingerprint density at radius 3 is 2.22 bits per heavy atom. The van der Waals surface area contributed by atoms with Gasteiger partial charge in [-0.2, -0.15) is 0 Å². The van der Waals surface area contributed by atoms with Gasteiger partial charge in [0.1, 0.15) is 0 Å². The van der Waals surface area contributed by atoms with E-state index in [9.17, 15) is 0 Å². The lowest BCUT2D eigenvalue weighted by molar-refractivity contribution is 0.391. The molecule has 54 valence electrons. The normalized spacial score (nSPS) is 36.0. The minimum absolute atomic E-state index is 0.511. The van der Waals surface area contributed by atoms with E-state index in [0.29, 0.717) is 6.04 Å². The Hall–Kier alpha value is -0.0400. The third-order valence-corrected chi connectivity index (χ3v) is 2.46. The fourth-order valence-corrected chi connectivity index (χ4v) is 1.66. The highest BCUT2D eigenvalue weighted by Crippen LogP contribution is 2.29. The summed E-state index contributed by atoms with van der Waals surface area (Å²) in [7, 11) is 0. The fraction of sp³-hybridized carbons (Fsp3) is 1.00. The molecule has 1 nitrogen and oxygen atoms in total. The van der Waals surface area contributed by atoms with E-state index in [1.54, 1.807) is 0 Å². The van der Waals surface area contributed by atoms with Gasteiger partial charge in [-0.3, -0.25) is 0 Å². The number of hydrogen-bond acceptors (Lipinski definition) is 1. The largest absolute Gasteiger partial charge is 0.328 e. The molecule has 9 heavy (non-hydrogen) atoms. The summed E-state index contributed by atoms with van der Waals surface area (Å²) in [6.07, 6.45) is 3.87. The van der Waals surface area contributed by atoms with Gasteiger partial charge >= 0.3 is 0 Å². The molecule has 1 fully saturated rings. The Morgan fingerprint density at radius 2 is 2.00 bits per heavy atom. The van der Waals surface area contributed by atoms with Gasteiger partial charge in [0.15, 0.2) is 0 Å². The topological polar surface area (TPSA) is 26.0 Å². The van der Waals surface area contributed by atoms with Gasteiger partial charge in [-0.15, -0.1) is 0 Å². The minimum atomic E-state index is 0.511. The highest BCUT2D eigenvalue weighted by molar-refractivity contribution is 4.79. The summed E-state index contributed by atoms with van der Waals surface area (Å²) in [6.45, 7) is 4.59. The van der Waals surface area contributed by atoms with Gasteiger partial charge < -0.3 is 5.73 Å². The third kappa shape index (κ3) is 1.68. The molecule has 0 aromatic rings. The summed E-state index contributed by atoms with van der Waals surface area (Å²) in [4.78, 5) is 0. The van der Waals surface area contributed by atoms with Crippen molar-refractivity contribution in [1.82, 2.24) is 0 Å². The molecular weight excluding hydrogens is 110 g/mol. The van der Waals surface area contributed by atoms with Crippen molar-refractivity contribution in [3.8, 4) is 0 Å². The number of nitrogens with two attached hydrogens (primary N) is 1. The molecule has 1 heteroatoms. The van der Waals surface area contributed by atoms with E-state index in [0.717, 1.165) is 11.8 Å². The lowest BCUT2D eigenvalue weighted by Crippen LogP contribution is -2.15. The maximum atomic E-state index is 5.76. The van der Waals surface area contributed by atoms with E-state index in [1.807, 2.05) is 0 Å². The first-order valence-corrected chi connectivity index (χ1v) is 3.95. The van der Waals surface area contributed by atoms with Crippen LogP contribution in [0, 0.1) is 11.8 Å². The summed E-state index contributed by atoms with van der Waals surface area (Å²) in [5.41, 5.74) is 5.76. The molecule has 0 aliphatic heterocycles. The van der Waals surface area contributed by atoms with Crippen LogP contribution in [-0.2, 0) is 0 Å². The van der Waals surface area contributed by atoms with Gasteiger partial charge in [0.2, 0.25) is 0 Å². The van der Waals surface area contributed by atoms with Crippen molar-refractivity contribution in [2.45, 2.75) is 39.2 Å². The summed E-state index contributed by atoms with van der Waals surface area (Å²) < 4.78 is 0. The molecule has 0 aromatic heterocycles. The quantitative estimate of drug-likeness (QED) is 0.570. The van der Waals surface area contributed by atoms with Crippen LogP contribution in [0.1, 0.15) is 33.1 Å². The zero-order valence-corrected chi connectivity index (χ0v) is 6.43. The molecule has 1 saturated carbocycles. The van der Waals surface area contributed by atoms with Crippen LogP contribution in [-0.4, -0.2) is 6.04 Å². The predicted molar refractivity (Wildman–Crippen MR) is 40.2 cm³/mol. The smallest absolute Gasteiger partial charge is 0.00416 e. The Balaban J connectivity index is 2.30. The van der Waals surface area contributed by atoms with Crippen molar-refractivity contribution >= 4 is 0 Å².